The minimum atomic E-state index is -3.33. The first kappa shape index (κ1) is 11.5. The second-order valence-electron chi connectivity index (χ2n) is 3.75. The third kappa shape index (κ3) is 2.25. The number of benzene rings is 1. The van der Waals surface area contributed by atoms with Gasteiger partial charge in [0.25, 0.3) is 0 Å². The van der Waals surface area contributed by atoms with Gasteiger partial charge < -0.3 is 0 Å². The molecule has 1 aromatic rings. The molecule has 2 rings (SSSR count). The van der Waals surface area contributed by atoms with Crippen molar-refractivity contribution >= 4 is 10.0 Å². The van der Waals surface area contributed by atoms with Gasteiger partial charge in [-0.05, 0) is 12.1 Å². The normalized spacial score (nSPS) is 19.8. The minimum Gasteiger partial charge on any atom is -0.269 e. The Morgan fingerprint density at radius 2 is 1.56 bits per heavy atom. The summed E-state index contributed by atoms with van der Waals surface area (Å²) in [5.74, 6) is 5.59. The van der Waals surface area contributed by atoms with Crippen molar-refractivity contribution in [3.8, 4) is 0 Å². The SMILES string of the molecule is NN1CCN(S(=O)(=O)c2ccccc2)CC1. The fraction of sp³-hybridized carbons (Fsp3) is 0.400. The van der Waals surface area contributed by atoms with Crippen molar-refractivity contribution in [1.29, 1.82) is 0 Å². The molecule has 6 heteroatoms. The topological polar surface area (TPSA) is 66.6 Å². The fourth-order valence-corrected chi connectivity index (χ4v) is 3.13. The van der Waals surface area contributed by atoms with E-state index in [1.54, 1.807) is 35.3 Å². The van der Waals surface area contributed by atoms with Crippen LogP contribution in [0.4, 0.5) is 0 Å². The number of hydrogen-bond acceptors (Lipinski definition) is 4. The van der Waals surface area contributed by atoms with Crippen LogP contribution in [0.3, 0.4) is 0 Å². The third-order valence-electron chi connectivity index (χ3n) is 2.65. The largest absolute Gasteiger partial charge is 0.269 e. The summed E-state index contributed by atoms with van der Waals surface area (Å²) < 4.78 is 25.8. The summed E-state index contributed by atoms with van der Waals surface area (Å²) in [6.45, 7) is 2.06. The molecule has 5 nitrogen and oxygen atoms in total. The first-order valence-electron chi connectivity index (χ1n) is 5.15. The predicted molar refractivity (Wildman–Crippen MR) is 61.0 cm³/mol. The molecule has 2 N–H and O–H groups in total. The monoisotopic (exact) mass is 241 g/mol. The molecular weight excluding hydrogens is 226 g/mol. The number of hydrogen-bond donors (Lipinski definition) is 1. The molecule has 0 amide bonds. The summed E-state index contributed by atoms with van der Waals surface area (Å²) in [6, 6.07) is 8.49. The van der Waals surface area contributed by atoms with E-state index in [-0.39, 0.29) is 0 Å². The highest BCUT2D eigenvalue weighted by Crippen LogP contribution is 2.16. The summed E-state index contributed by atoms with van der Waals surface area (Å²) in [4.78, 5) is 0.348. The minimum absolute atomic E-state index is 0.348. The van der Waals surface area contributed by atoms with Crippen molar-refractivity contribution in [2.75, 3.05) is 26.2 Å². The second-order valence-corrected chi connectivity index (χ2v) is 5.69. The van der Waals surface area contributed by atoms with Crippen LogP contribution in [0.1, 0.15) is 0 Å². The molecule has 0 aromatic heterocycles. The van der Waals surface area contributed by atoms with Gasteiger partial charge in [-0.3, -0.25) is 5.84 Å². The van der Waals surface area contributed by atoms with Crippen LogP contribution in [0.2, 0.25) is 0 Å². The molecule has 0 saturated carbocycles. The van der Waals surface area contributed by atoms with Gasteiger partial charge >= 0.3 is 0 Å². The average molecular weight is 241 g/mol. The number of sulfonamides is 1. The number of nitrogens with two attached hydrogens (primary N) is 1. The maximum absolute atomic E-state index is 12.2. The molecule has 1 aliphatic rings. The molecule has 1 saturated heterocycles. The van der Waals surface area contributed by atoms with E-state index in [2.05, 4.69) is 0 Å². The summed E-state index contributed by atoms with van der Waals surface area (Å²) in [6.07, 6.45) is 0. The zero-order chi connectivity index (χ0) is 11.6. The molecule has 1 heterocycles. The Morgan fingerprint density at radius 1 is 1.00 bits per heavy atom. The van der Waals surface area contributed by atoms with Crippen molar-refractivity contribution in [3.05, 3.63) is 30.3 Å². The van der Waals surface area contributed by atoms with Gasteiger partial charge in [0.1, 0.15) is 0 Å². The second kappa shape index (κ2) is 4.50. The van der Waals surface area contributed by atoms with E-state index in [4.69, 9.17) is 5.84 Å². The average Bonchev–Trinajstić information content (AvgIpc) is 2.31. The molecule has 0 radical (unpaired) electrons. The summed E-state index contributed by atoms with van der Waals surface area (Å²) in [5, 5.41) is 1.64. The van der Waals surface area contributed by atoms with Crippen molar-refractivity contribution < 1.29 is 8.42 Å². The maximum atomic E-state index is 12.2. The Labute approximate surface area is 95.5 Å². The number of piperazine rings is 1. The van der Waals surface area contributed by atoms with Crippen molar-refractivity contribution in [1.82, 2.24) is 9.31 Å². The highest BCUT2D eigenvalue weighted by Gasteiger charge is 2.27. The molecule has 1 aliphatic heterocycles. The lowest BCUT2D eigenvalue weighted by Gasteiger charge is -2.31. The first-order valence-corrected chi connectivity index (χ1v) is 6.59. The van der Waals surface area contributed by atoms with E-state index in [1.807, 2.05) is 0 Å². The van der Waals surface area contributed by atoms with E-state index in [1.165, 1.54) is 4.31 Å². The van der Waals surface area contributed by atoms with Gasteiger partial charge in [0.2, 0.25) is 10.0 Å². The smallest absolute Gasteiger partial charge is 0.243 e. The Hall–Kier alpha value is -0.950. The highest BCUT2D eigenvalue weighted by molar-refractivity contribution is 7.89. The Kier molecular flexibility index (Phi) is 3.25. The summed E-state index contributed by atoms with van der Waals surface area (Å²) in [5.41, 5.74) is 0. The third-order valence-corrected chi connectivity index (χ3v) is 4.57. The van der Waals surface area contributed by atoms with Crippen LogP contribution in [0.15, 0.2) is 35.2 Å². The standard InChI is InChI=1S/C10H15N3O2S/c11-12-6-8-13(9-7-12)16(14,15)10-4-2-1-3-5-10/h1-5H,6-9,11H2. The summed E-state index contributed by atoms with van der Waals surface area (Å²) in [7, 11) is -3.33. The lowest BCUT2D eigenvalue weighted by Crippen LogP contribution is -2.51. The molecule has 0 unspecified atom stereocenters. The van der Waals surface area contributed by atoms with Gasteiger partial charge in [-0.25, -0.2) is 13.4 Å². The van der Waals surface area contributed by atoms with E-state index < -0.39 is 10.0 Å². The molecule has 0 atom stereocenters. The number of rotatable bonds is 2. The van der Waals surface area contributed by atoms with Crippen molar-refractivity contribution in [2.45, 2.75) is 4.90 Å². The van der Waals surface area contributed by atoms with Gasteiger partial charge in [0.05, 0.1) is 4.90 Å². The van der Waals surface area contributed by atoms with Gasteiger partial charge in [-0.15, -0.1) is 0 Å². The zero-order valence-corrected chi connectivity index (χ0v) is 9.73. The van der Waals surface area contributed by atoms with Crippen LogP contribution in [0.25, 0.3) is 0 Å². The molecule has 16 heavy (non-hydrogen) atoms. The molecule has 0 aliphatic carbocycles. The van der Waals surface area contributed by atoms with Crippen LogP contribution >= 0.6 is 0 Å². The highest BCUT2D eigenvalue weighted by atomic mass is 32.2. The molecule has 88 valence electrons. The van der Waals surface area contributed by atoms with Crippen LogP contribution in [0.5, 0.6) is 0 Å². The van der Waals surface area contributed by atoms with Crippen LogP contribution < -0.4 is 5.84 Å². The molecule has 1 aromatic carbocycles. The van der Waals surface area contributed by atoms with E-state index in [0.29, 0.717) is 31.1 Å². The van der Waals surface area contributed by atoms with Gasteiger partial charge in [0.15, 0.2) is 0 Å². The van der Waals surface area contributed by atoms with E-state index in [9.17, 15) is 8.42 Å². The Bertz CT molecular complexity index is 438. The Balaban J connectivity index is 2.20. The summed E-state index contributed by atoms with van der Waals surface area (Å²) >= 11 is 0. The van der Waals surface area contributed by atoms with Gasteiger partial charge in [0, 0.05) is 26.2 Å². The lowest BCUT2D eigenvalue weighted by molar-refractivity contribution is 0.192. The number of nitrogens with zero attached hydrogens (tertiary/aromatic N) is 2. The molecule has 0 spiro atoms. The fourth-order valence-electron chi connectivity index (χ4n) is 1.69. The lowest BCUT2D eigenvalue weighted by atomic mass is 10.4. The van der Waals surface area contributed by atoms with Crippen LogP contribution in [-0.2, 0) is 10.0 Å². The van der Waals surface area contributed by atoms with Crippen LogP contribution in [0, 0.1) is 0 Å². The molecule has 0 bridgehead atoms. The first-order chi connectivity index (χ1) is 7.60. The van der Waals surface area contributed by atoms with E-state index in [0.717, 1.165) is 0 Å². The van der Waals surface area contributed by atoms with Crippen LogP contribution in [-0.4, -0.2) is 43.9 Å². The predicted octanol–water partition coefficient (Wildman–Crippen LogP) is -0.133. The van der Waals surface area contributed by atoms with Crippen molar-refractivity contribution in [3.63, 3.8) is 0 Å². The van der Waals surface area contributed by atoms with E-state index >= 15 is 0 Å². The molecule has 1 fully saturated rings. The van der Waals surface area contributed by atoms with Gasteiger partial charge in [-0.1, -0.05) is 18.2 Å². The molecular formula is C10H15N3O2S. The number of hydrazine groups is 1. The Morgan fingerprint density at radius 3 is 2.12 bits per heavy atom. The maximum Gasteiger partial charge on any atom is 0.243 e. The zero-order valence-electron chi connectivity index (χ0n) is 8.91. The quantitative estimate of drug-likeness (QED) is 0.732. The van der Waals surface area contributed by atoms with Crippen molar-refractivity contribution in [2.24, 2.45) is 5.84 Å². The van der Waals surface area contributed by atoms with Gasteiger partial charge in [-0.2, -0.15) is 4.31 Å².